The van der Waals surface area contributed by atoms with E-state index in [1.54, 1.807) is 55.6 Å². The summed E-state index contributed by atoms with van der Waals surface area (Å²) in [5.74, 6) is 1.47. The van der Waals surface area contributed by atoms with E-state index in [1.165, 1.54) is 0 Å². The van der Waals surface area contributed by atoms with E-state index in [-0.39, 0.29) is 11.8 Å². The van der Waals surface area contributed by atoms with Crippen LogP contribution in [0.1, 0.15) is 0 Å². The van der Waals surface area contributed by atoms with E-state index in [4.69, 9.17) is 9.84 Å². The van der Waals surface area contributed by atoms with Gasteiger partial charge in [0.2, 0.25) is 0 Å². The van der Waals surface area contributed by atoms with Crippen molar-refractivity contribution in [3.05, 3.63) is 48.5 Å². The van der Waals surface area contributed by atoms with Crippen LogP contribution in [0, 0.1) is 0 Å². The molecule has 0 aliphatic heterocycles. The predicted octanol–water partition coefficient (Wildman–Crippen LogP) is 2.94. The van der Waals surface area contributed by atoms with E-state index >= 15 is 0 Å². The molecule has 0 saturated carbocycles. The van der Waals surface area contributed by atoms with Gasteiger partial charge in [-0.3, -0.25) is 0 Å². The number of ether oxygens (including phenoxy) is 1. The Labute approximate surface area is 110 Å². The summed E-state index contributed by atoms with van der Waals surface area (Å²) in [4.78, 5) is 11.1. The summed E-state index contributed by atoms with van der Waals surface area (Å²) in [5.41, 5.74) is 0.678. The number of aromatic hydroxyl groups is 1. The van der Waals surface area contributed by atoms with Gasteiger partial charge in [-0.1, -0.05) is 0 Å². The molecule has 0 unspecified atom stereocenters. The smallest absolute Gasteiger partial charge is 0.318 e. The summed E-state index contributed by atoms with van der Waals surface area (Å²) < 4.78 is 5.58. The van der Waals surface area contributed by atoms with Gasteiger partial charge in [-0.15, -0.1) is 0 Å². The molecule has 0 heterocycles. The van der Waals surface area contributed by atoms with Crippen molar-refractivity contribution in [2.45, 2.75) is 0 Å². The van der Waals surface area contributed by atoms with Crippen LogP contribution in [-0.4, -0.2) is 18.2 Å². The highest BCUT2D eigenvalue weighted by Gasteiger charge is 2.00. The van der Waals surface area contributed by atoms with Gasteiger partial charge in [0.1, 0.15) is 17.2 Å². The molecule has 0 radical (unpaired) electrons. The van der Waals surface area contributed by atoms with Gasteiger partial charge in [0, 0.05) is 12.7 Å². The molecule has 98 valence electrons. The molecule has 0 bridgehead atoms. The van der Waals surface area contributed by atoms with Crippen molar-refractivity contribution in [1.82, 2.24) is 5.32 Å². The number of carbonyl (C=O) groups excluding carboxylic acids is 1. The summed E-state index contributed by atoms with van der Waals surface area (Å²) in [5, 5.41) is 14.3. The Hall–Kier alpha value is -2.69. The first-order chi connectivity index (χ1) is 9.17. The van der Waals surface area contributed by atoms with E-state index in [1.807, 2.05) is 0 Å². The molecule has 0 aliphatic rings. The summed E-state index contributed by atoms with van der Waals surface area (Å²) in [6.07, 6.45) is 0. The van der Waals surface area contributed by atoms with Gasteiger partial charge in [0.05, 0.1) is 0 Å². The number of hydrogen-bond acceptors (Lipinski definition) is 3. The lowest BCUT2D eigenvalue weighted by molar-refractivity contribution is 0.254. The predicted molar refractivity (Wildman–Crippen MR) is 72.7 cm³/mol. The van der Waals surface area contributed by atoms with Crippen molar-refractivity contribution in [3.63, 3.8) is 0 Å². The maximum atomic E-state index is 11.1. The lowest BCUT2D eigenvalue weighted by atomic mass is 10.3. The average molecular weight is 258 g/mol. The SMILES string of the molecule is CNC(=O)Nc1ccc(Oc2ccc(O)cc2)cc1. The van der Waals surface area contributed by atoms with Gasteiger partial charge in [-0.05, 0) is 48.5 Å². The first-order valence-electron chi connectivity index (χ1n) is 5.73. The number of benzene rings is 2. The molecule has 2 amide bonds. The second kappa shape index (κ2) is 5.77. The molecule has 0 atom stereocenters. The van der Waals surface area contributed by atoms with Gasteiger partial charge in [0.15, 0.2) is 0 Å². The number of urea groups is 1. The minimum absolute atomic E-state index is 0.192. The van der Waals surface area contributed by atoms with Crippen LogP contribution in [-0.2, 0) is 0 Å². The van der Waals surface area contributed by atoms with E-state index in [0.717, 1.165) is 0 Å². The Morgan fingerprint density at radius 2 is 1.53 bits per heavy atom. The zero-order chi connectivity index (χ0) is 13.7. The highest BCUT2D eigenvalue weighted by molar-refractivity contribution is 5.88. The molecular weight excluding hydrogens is 244 g/mol. The fourth-order valence-electron chi connectivity index (χ4n) is 1.45. The van der Waals surface area contributed by atoms with Crippen LogP contribution in [0.3, 0.4) is 0 Å². The third-order valence-electron chi connectivity index (χ3n) is 2.41. The van der Waals surface area contributed by atoms with Crippen molar-refractivity contribution in [3.8, 4) is 17.2 Å². The Morgan fingerprint density at radius 3 is 2.05 bits per heavy atom. The maximum Gasteiger partial charge on any atom is 0.318 e. The number of hydrogen-bond donors (Lipinski definition) is 3. The van der Waals surface area contributed by atoms with Gasteiger partial charge in [0.25, 0.3) is 0 Å². The third kappa shape index (κ3) is 3.64. The zero-order valence-corrected chi connectivity index (χ0v) is 10.4. The highest BCUT2D eigenvalue weighted by Crippen LogP contribution is 2.24. The highest BCUT2D eigenvalue weighted by atomic mass is 16.5. The molecule has 2 rings (SSSR count). The molecule has 0 aromatic heterocycles. The molecule has 5 nitrogen and oxygen atoms in total. The minimum atomic E-state index is -0.271. The number of rotatable bonds is 3. The first kappa shape index (κ1) is 12.8. The summed E-state index contributed by atoms with van der Waals surface area (Å²) in [6.45, 7) is 0. The van der Waals surface area contributed by atoms with Crippen molar-refractivity contribution in [1.29, 1.82) is 0 Å². The minimum Gasteiger partial charge on any atom is -0.508 e. The lowest BCUT2D eigenvalue weighted by Crippen LogP contribution is -2.24. The lowest BCUT2D eigenvalue weighted by Gasteiger charge is -2.07. The van der Waals surface area contributed by atoms with Gasteiger partial charge in [-0.2, -0.15) is 0 Å². The summed E-state index contributed by atoms with van der Waals surface area (Å²) in [6, 6.07) is 13.2. The second-order valence-corrected chi connectivity index (χ2v) is 3.82. The Kier molecular flexibility index (Phi) is 3.87. The molecule has 0 spiro atoms. The fraction of sp³-hybridized carbons (Fsp3) is 0.0714. The Morgan fingerprint density at radius 1 is 1.00 bits per heavy atom. The van der Waals surface area contributed by atoms with Crippen molar-refractivity contribution >= 4 is 11.7 Å². The summed E-state index contributed by atoms with van der Waals surface area (Å²) in [7, 11) is 1.55. The average Bonchev–Trinajstić information content (AvgIpc) is 2.43. The fourth-order valence-corrected chi connectivity index (χ4v) is 1.45. The molecule has 0 fully saturated rings. The van der Waals surface area contributed by atoms with E-state index < -0.39 is 0 Å². The third-order valence-corrected chi connectivity index (χ3v) is 2.41. The number of phenolic OH excluding ortho intramolecular Hbond substituents is 1. The number of anilines is 1. The summed E-state index contributed by atoms with van der Waals surface area (Å²) >= 11 is 0. The van der Waals surface area contributed by atoms with Crippen LogP contribution in [0.15, 0.2) is 48.5 Å². The molecule has 19 heavy (non-hydrogen) atoms. The topological polar surface area (TPSA) is 70.6 Å². The van der Waals surface area contributed by atoms with Crippen LogP contribution in [0.25, 0.3) is 0 Å². The molecule has 3 N–H and O–H groups in total. The molecule has 0 saturated heterocycles. The molecule has 0 aliphatic carbocycles. The molecule has 2 aromatic rings. The zero-order valence-electron chi connectivity index (χ0n) is 10.4. The van der Waals surface area contributed by atoms with Crippen LogP contribution in [0.5, 0.6) is 17.2 Å². The van der Waals surface area contributed by atoms with E-state index in [9.17, 15) is 4.79 Å². The van der Waals surface area contributed by atoms with Crippen LogP contribution < -0.4 is 15.4 Å². The van der Waals surface area contributed by atoms with Crippen LogP contribution >= 0.6 is 0 Å². The van der Waals surface area contributed by atoms with E-state index in [0.29, 0.717) is 17.2 Å². The number of nitrogens with one attached hydrogen (secondary N) is 2. The van der Waals surface area contributed by atoms with Gasteiger partial charge in [-0.25, -0.2) is 4.79 Å². The number of amides is 2. The Bertz CT molecular complexity index is 550. The Balaban J connectivity index is 2.02. The molecular formula is C14H14N2O3. The standard InChI is InChI=1S/C14H14N2O3/c1-15-14(18)16-10-2-6-12(7-3-10)19-13-8-4-11(17)5-9-13/h2-9,17H,1H3,(H2,15,16,18). The number of carbonyl (C=O) groups is 1. The molecule has 2 aromatic carbocycles. The monoisotopic (exact) mass is 258 g/mol. The quantitative estimate of drug-likeness (QED) is 0.792. The van der Waals surface area contributed by atoms with Crippen molar-refractivity contribution < 1.29 is 14.6 Å². The second-order valence-electron chi connectivity index (χ2n) is 3.82. The maximum absolute atomic E-state index is 11.1. The van der Waals surface area contributed by atoms with Crippen LogP contribution in [0.2, 0.25) is 0 Å². The van der Waals surface area contributed by atoms with Crippen molar-refractivity contribution in [2.24, 2.45) is 0 Å². The largest absolute Gasteiger partial charge is 0.508 e. The van der Waals surface area contributed by atoms with Gasteiger partial charge >= 0.3 is 6.03 Å². The normalized spacial score (nSPS) is 9.74. The molecule has 5 heteroatoms. The van der Waals surface area contributed by atoms with Crippen LogP contribution in [0.4, 0.5) is 10.5 Å². The van der Waals surface area contributed by atoms with Gasteiger partial charge < -0.3 is 20.5 Å². The number of phenols is 1. The van der Waals surface area contributed by atoms with E-state index in [2.05, 4.69) is 10.6 Å². The first-order valence-corrected chi connectivity index (χ1v) is 5.73. The van der Waals surface area contributed by atoms with Crippen molar-refractivity contribution in [2.75, 3.05) is 12.4 Å².